The number of hydrogen-bond acceptors (Lipinski definition) is 4. The van der Waals surface area contributed by atoms with E-state index < -0.39 is 0 Å². The number of thioether (sulfide) groups is 1. The molecular formula is C21H21Cl2N3S. The Kier molecular flexibility index (Phi) is 5.67. The largest absolute Gasteiger partial charge is 0.378 e. The van der Waals surface area contributed by atoms with Gasteiger partial charge in [-0.25, -0.2) is 0 Å². The molecule has 0 radical (unpaired) electrons. The Hall–Kier alpha value is -1.62. The lowest BCUT2D eigenvalue weighted by atomic mass is 9.90. The van der Waals surface area contributed by atoms with E-state index in [9.17, 15) is 0 Å². The van der Waals surface area contributed by atoms with Crippen molar-refractivity contribution in [2.24, 2.45) is 5.10 Å². The molecule has 1 saturated carbocycles. The number of anilines is 1. The summed E-state index contributed by atoms with van der Waals surface area (Å²) in [6, 6.07) is 16.1. The first-order valence-electron chi connectivity index (χ1n) is 9.11. The van der Waals surface area contributed by atoms with Gasteiger partial charge in [0.2, 0.25) is 0 Å². The molecule has 1 N–H and O–H groups in total. The monoisotopic (exact) mass is 417 g/mol. The Labute approximate surface area is 174 Å². The minimum atomic E-state index is 0.324. The lowest BCUT2D eigenvalue weighted by Gasteiger charge is -2.29. The normalized spacial score (nSPS) is 22.7. The summed E-state index contributed by atoms with van der Waals surface area (Å²) in [6.45, 7) is 0. The number of rotatable bonds is 3. The Morgan fingerprint density at radius 3 is 2.37 bits per heavy atom. The van der Waals surface area contributed by atoms with Crippen LogP contribution in [0.1, 0.15) is 31.2 Å². The van der Waals surface area contributed by atoms with Gasteiger partial charge in [-0.2, -0.15) is 5.10 Å². The molecule has 1 aliphatic carbocycles. The third-order valence-corrected chi connectivity index (χ3v) is 6.62. The van der Waals surface area contributed by atoms with Gasteiger partial charge in [0, 0.05) is 28.3 Å². The van der Waals surface area contributed by atoms with Gasteiger partial charge >= 0.3 is 0 Å². The molecule has 4 rings (SSSR count). The minimum Gasteiger partial charge on any atom is -0.378 e. The van der Waals surface area contributed by atoms with Crippen molar-refractivity contribution >= 4 is 45.7 Å². The summed E-state index contributed by atoms with van der Waals surface area (Å²) in [4.78, 5) is 0. The van der Waals surface area contributed by atoms with E-state index in [0.717, 1.165) is 39.2 Å². The Balaban J connectivity index is 1.58. The standard InChI is InChI=1S/C21H21Cl2N3S/c1-26-21(27-20(25-26)14-6-8-15(22)9-7-14)18-4-2-3-5-19(18)24-17-12-10-16(23)11-13-17/h6-13,19,24H,2-5H2,1H3/b21-18+. The predicted octanol–water partition coefficient (Wildman–Crippen LogP) is 6.60. The summed E-state index contributed by atoms with van der Waals surface area (Å²) in [5, 5.41) is 14.2. The van der Waals surface area contributed by atoms with Crippen molar-refractivity contribution in [2.75, 3.05) is 12.4 Å². The van der Waals surface area contributed by atoms with Crippen molar-refractivity contribution in [2.45, 2.75) is 31.7 Å². The number of halogens is 2. The number of benzene rings is 2. The molecule has 0 bridgehead atoms. The molecule has 1 fully saturated rings. The smallest absolute Gasteiger partial charge is 0.130 e. The molecule has 2 aromatic carbocycles. The first kappa shape index (κ1) is 18.7. The van der Waals surface area contributed by atoms with Gasteiger partial charge in [0.25, 0.3) is 0 Å². The highest BCUT2D eigenvalue weighted by atomic mass is 35.5. The van der Waals surface area contributed by atoms with Gasteiger partial charge < -0.3 is 5.32 Å². The summed E-state index contributed by atoms with van der Waals surface area (Å²) < 4.78 is 0. The van der Waals surface area contributed by atoms with Crippen LogP contribution in [0.3, 0.4) is 0 Å². The number of nitrogens with zero attached hydrogens (tertiary/aromatic N) is 2. The quantitative estimate of drug-likeness (QED) is 0.609. The maximum atomic E-state index is 6.02. The SMILES string of the molecule is CN1N=C(c2ccc(Cl)cc2)S/C1=C1\CCCCC1Nc1ccc(Cl)cc1. The van der Waals surface area contributed by atoms with Crippen LogP contribution in [0.2, 0.25) is 10.0 Å². The van der Waals surface area contributed by atoms with E-state index >= 15 is 0 Å². The van der Waals surface area contributed by atoms with Crippen LogP contribution in [0.4, 0.5) is 5.69 Å². The number of hydrazone groups is 1. The molecule has 0 amide bonds. The van der Waals surface area contributed by atoms with E-state index in [1.54, 1.807) is 11.8 Å². The fourth-order valence-electron chi connectivity index (χ4n) is 3.52. The highest BCUT2D eigenvalue weighted by molar-refractivity contribution is 8.17. The van der Waals surface area contributed by atoms with Crippen LogP contribution in [0.5, 0.6) is 0 Å². The molecule has 1 heterocycles. The lowest BCUT2D eigenvalue weighted by molar-refractivity contribution is 0.460. The van der Waals surface area contributed by atoms with Crippen molar-refractivity contribution in [3.63, 3.8) is 0 Å². The van der Waals surface area contributed by atoms with Crippen LogP contribution in [-0.2, 0) is 0 Å². The zero-order valence-electron chi connectivity index (χ0n) is 15.1. The van der Waals surface area contributed by atoms with Crippen LogP contribution in [-0.4, -0.2) is 23.1 Å². The van der Waals surface area contributed by atoms with E-state index in [-0.39, 0.29) is 0 Å². The summed E-state index contributed by atoms with van der Waals surface area (Å²) in [5.41, 5.74) is 3.65. The van der Waals surface area contributed by atoms with Crippen molar-refractivity contribution in [3.05, 3.63) is 74.7 Å². The van der Waals surface area contributed by atoms with Crippen molar-refractivity contribution in [3.8, 4) is 0 Å². The minimum absolute atomic E-state index is 0.324. The molecule has 0 saturated heterocycles. The second kappa shape index (κ2) is 8.17. The summed E-state index contributed by atoms with van der Waals surface area (Å²) in [5.74, 6) is 0. The molecule has 2 aromatic rings. The highest BCUT2D eigenvalue weighted by Crippen LogP contribution is 2.40. The van der Waals surface area contributed by atoms with Gasteiger partial charge in [0.15, 0.2) is 0 Å². The van der Waals surface area contributed by atoms with E-state index in [1.165, 1.54) is 23.4 Å². The van der Waals surface area contributed by atoms with E-state index in [4.69, 9.17) is 28.3 Å². The fraction of sp³-hybridized carbons (Fsp3) is 0.286. The van der Waals surface area contributed by atoms with Gasteiger partial charge in [0.1, 0.15) is 5.04 Å². The fourth-order valence-corrected chi connectivity index (χ4v) is 4.92. The van der Waals surface area contributed by atoms with E-state index in [1.807, 2.05) is 60.6 Å². The predicted molar refractivity (Wildman–Crippen MR) is 118 cm³/mol. The first-order valence-corrected chi connectivity index (χ1v) is 10.7. The van der Waals surface area contributed by atoms with E-state index in [2.05, 4.69) is 5.32 Å². The molecule has 3 nitrogen and oxygen atoms in total. The average Bonchev–Trinajstić information content (AvgIpc) is 3.06. The molecule has 1 atom stereocenters. The summed E-state index contributed by atoms with van der Waals surface area (Å²) >= 11 is 13.8. The number of nitrogens with one attached hydrogen (secondary N) is 1. The summed E-state index contributed by atoms with van der Waals surface area (Å²) in [6.07, 6.45) is 4.69. The average molecular weight is 418 g/mol. The van der Waals surface area contributed by atoms with Crippen molar-refractivity contribution < 1.29 is 0 Å². The maximum absolute atomic E-state index is 6.02. The molecule has 2 aliphatic rings. The van der Waals surface area contributed by atoms with Crippen molar-refractivity contribution in [1.82, 2.24) is 5.01 Å². The number of hydrogen-bond donors (Lipinski definition) is 1. The highest BCUT2D eigenvalue weighted by Gasteiger charge is 2.29. The summed E-state index contributed by atoms with van der Waals surface area (Å²) in [7, 11) is 2.03. The van der Waals surface area contributed by atoms with Gasteiger partial charge in [0.05, 0.1) is 11.1 Å². The topological polar surface area (TPSA) is 27.6 Å². The van der Waals surface area contributed by atoms with Crippen LogP contribution < -0.4 is 5.32 Å². The molecule has 27 heavy (non-hydrogen) atoms. The zero-order chi connectivity index (χ0) is 18.8. The molecule has 0 aromatic heterocycles. The lowest BCUT2D eigenvalue weighted by Crippen LogP contribution is -2.27. The van der Waals surface area contributed by atoms with Crippen molar-refractivity contribution in [1.29, 1.82) is 0 Å². The van der Waals surface area contributed by atoms with Crippen LogP contribution in [0.15, 0.2) is 64.2 Å². The Morgan fingerprint density at radius 1 is 1.00 bits per heavy atom. The molecule has 140 valence electrons. The third kappa shape index (κ3) is 4.29. The van der Waals surface area contributed by atoms with Crippen LogP contribution in [0.25, 0.3) is 0 Å². The van der Waals surface area contributed by atoms with Crippen LogP contribution in [0, 0.1) is 0 Å². The molecule has 0 spiro atoms. The Morgan fingerprint density at radius 2 is 1.67 bits per heavy atom. The molecule has 6 heteroatoms. The second-order valence-electron chi connectivity index (χ2n) is 6.82. The van der Waals surface area contributed by atoms with Gasteiger partial charge in [-0.3, -0.25) is 5.01 Å². The molecule has 1 unspecified atom stereocenters. The van der Waals surface area contributed by atoms with Crippen LogP contribution >= 0.6 is 35.0 Å². The Bertz CT molecular complexity index is 875. The van der Waals surface area contributed by atoms with Gasteiger partial charge in [-0.1, -0.05) is 41.8 Å². The second-order valence-corrected chi connectivity index (χ2v) is 8.67. The first-order chi connectivity index (χ1) is 13.1. The molecule has 1 aliphatic heterocycles. The van der Waals surface area contributed by atoms with E-state index in [0.29, 0.717) is 6.04 Å². The molecular weight excluding hydrogens is 397 g/mol. The third-order valence-electron chi connectivity index (χ3n) is 4.89. The van der Waals surface area contributed by atoms with Gasteiger partial charge in [-0.15, -0.1) is 0 Å². The maximum Gasteiger partial charge on any atom is 0.130 e. The van der Waals surface area contributed by atoms with Gasteiger partial charge in [-0.05, 0) is 73.0 Å². The zero-order valence-corrected chi connectivity index (χ0v) is 17.4.